The molecule has 136 valence electrons. The molecule has 0 aliphatic heterocycles. The first-order valence-electron chi connectivity index (χ1n) is 6.48. The average molecular weight is 388 g/mol. The Kier molecular flexibility index (Phi) is 6.00. The second kappa shape index (κ2) is 7.07. The molecule has 7 nitrogen and oxygen atoms in total. The Morgan fingerprint density at radius 3 is 1.96 bits per heavy atom. The van der Waals surface area contributed by atoms with Crippen LogP contribution in [0.2, 0.25) is 0 Å². The Morgan fingerprint density at radius 1 is 1.04 bits per heavy atom. The summed E-state index contributed by atoms with van der Waals surface area (Å²) >= 11 is 0. The summed E-state index contributed by atoms with van der Waals surface area (Å²) in [7, 11) is -10.2. The van der Waals surface area contributed by atoms with Crippen molar-refractivity contribution in [2.45, 2.75) is 30.3 Å². The Labute approximate surface area is 137 Å². The molecule has 0 radical (unpaired) electrons. The lowest BCUT2D eigenvalue weighted by Gasteiger charge is -2.21. The third-order valence-corrected chi connectivity index (χ3v) is 5.36. The van der Waals surface area contributed by atoms with Gasteiger partial charge in [0.05, 0.1) is 4.90 Å². The van der Waals surface area contributed by atoms with Gasteiger partial charge in [0.2, 0.25) is 10.0 Å². The molecule has 2 N–H and O–H groups in total. The van der Waals surface area contributed by atoms with Crippen molar-refractivity contribution in [3.8, 4) is 0 Å². The third-order valence-electron chi connectivity index (χ3n) is 2.82. The minimum Gasteiger partial charge on any atom is -0.272 e. The molecular weight excluding hydrogens is 373 g/mol. The zero-order chi connectivity index (χ0) is 18.8. The van der Waals surface area contributed by atoms with Gasteiger partial charge in [0, 0.05) is 0 Å². The van der Waals surface area contributed by atoms with E-state index in [1.807, 2.05) is 4.72 Å². The van der Waals surface area contributed by atoms with Crippen molar-refractivity contribution in [2.24, 2.45) is 5.92 Å². The Balaban J connectivity index is 3.07. The van der Waals surface area contributed by atoms with E-state index in [0.717, 1.165) is 4.72 Å². The van der Waals surface area contributed by atoms with Crippen LogP contribution in [0.3, 0.4) is 0 Å². The highest BCUT2D eigenvalue weighted by molar-refractivity contribution is 7.91. The lowest BCUT2D eigenvalue weighted by atomic mass is 10.1. The van der Waals surface area contributed by atoms with E-state index in [0.29, 0.717) is 0 Å². The van der Waals surface area contributed by atoms with Crippen molar-refractivity contribution in [1.29, 1.82) is 0 Å². The number of rotatable bonds is 6. The van der Waals surface area contributed by atoms with E-state index in [9.17, 15) is 34.8 Å². The summed E-state index contributed by atoms with van der Waals surface area (Å²) in [5.41, 5.74) is -5.69. The summed E-state index contributed by atoms with van der Waals surface area (Å²) in [5, 5.41) is 0. The number of benzene rings is 1. The monoisotopic (exact) mass is 388 g/mol. The van der Waals surface area contributed by atoms with Gasteiger partial charge in [0.1, 0.15) is 6.04 Å². The lowest BCUT2D eigenvalue weighted by Crippen LogP contribution is -2.53. The Hall–Kier alpha value is -1.66. The van der Waals surface area contributed by atoms with Crippen LogP contribution in [0.4, 0.5) is 13.2 Å². The number of carbonyl (C=O) groups is 1. The number of nitrogens with one attached hydrogen (secondary N) is 2. The maximum atomic E-state index is 12.3. The molecule has 0 aromatic heterocycles. The Morgan fingerprint density at radius 2 is 1.54 bits per heavy atom. The molecule has 1 amide bonds. The molecule has 24 heavy (non-hydrogen) atoms. The van der Waals surface area contributed by atoms with Crippen LogP contribution in [0.5, 0.6) is 0 Å². The van der Waals surface area contributed by atoms with E-state index in [4.69, 9.17) is 0 Å². The van der Waals surface area contributed by atoms with Gasteiger partial charge >= 0.3 is 15.5 Å². The van der Waals surface area contributed by atoms with Crippen LogP contribution in [-0.2, 0) is 24.8 Å². The molecule has 0 unspecified atom stereocenters. The van der Waals surface area contributed by atoms with Crippen LogP contribution in [-0.4, -0.2) is 34.3 Å². The van der Waals surface area contributed by atoms with Gasteiger partial charge in [-0.2, -0.15) is 26.3 Å². The lowest BCUT2D eigenvalue weighted by molar-refractivity contribution is -0.122. The molecule has 0 saturated carbocycles. The van der Waals surface area contributed by atoms with Crippen LogP contribution < -0.4 is 9.44 Å². The van der Waals surface area contributed by atoms with E-state index in [-0.39, 0.29) is 4.90 Å². The van der Waals surface area contributed by atoms with Crippen LogP contribution in [0, 0.1) is 5.92 Å². The van der Waals surface area contributed by atoms with Crippen LogP contribution in [0.25, 0.3) is 0 Å². The Bertz CT molecular complexity index is 790. The fraction of sp³-hybridized carbons (Fsp3) is 0.417. The minimum atomic E-state index is -5.93. The molecule has 0 heterocycles. The zero-order valence-electron chi connectivity index (χ0n) is 12.5. The van der Waals surface area contributed by atoms with Crippen molar-refractivity contribution in [2.75, 3.05) is 0 Å². The van der Waals surface area contributed by atoms with Gasteiger partial charge in [0.15, 0.2) is 0 Å². The number of sulfonamides is 2. The molecule has 1 rings (SSSR count). The average Bonchev–Trinajstić information content (AvgIpc) is 2.43. The van der Waals surface area contributed by atoms with Crippen LogP contribution in [0.1, 0.15) is 13.8 Å². The molecule has 1 aromatic carbocycles. The second-order valence-corrected chi connectivity index (χ2v) is 8.46. The maximum Gasteiger partial charge on any atom is 0.516 e. The first-order valence-corrected chi connectivity index (χ1v) is 9.45. The highest BCUT2D eigenvalue weighted by atomic mass is 32.2. The number of halogens is 3. The summed E-state index contributed by atoms with van der Waals surface area (Å²) < 4.78 is 86.0. The number of amides is 1. The SMILES string of the molecule is CC(C)[C@H](NS(=O)(=O)c1ccccc1)C(=O)NS(=O)(=O)C(F)(F)F. The van der Waals surface area contributed by atoms with E-state index < -0.39 is 43.4 Å². The summed E-state index contributed by atoms with van der Waals surface area (Å²) in [6, 6.07) is 5.07. The van der Waals surface area contributed by atoms with Gasteiger partial charge in [-0.1, -0.05) is 32.0 Å². The predicted octanol–water partition coefficient (Wildman–Crippen LogP) is 0.955. The van der Waals surface area contributed by atoms with E-state index in [1.54, 1.807) is 6.07 Å². The van der Waals surface area contributed by atoms with Gasteiger partial charge in [-0.15, -0.1) is 0 Å². The molecule has 0 bridgehead atoms. The summed E-state index contributed by atoms with van der Waals surface area (Å²) in [6.45, 7) is 2.69. The predicted molar refractivity (Wildman–Crippen MR) is 78.5 cm³/mol. The fourth-order valence-corrected chi connectivity index (χ4v) is 3.45. The van der Waals surface area contributed by atoms with Crippen LogP contribution in [0.15, 0.2) is 35.2 Å². The van der Waals surface area contributed by atoms with Crippen molar-refractivity contribution in [3.63, 3.8) is 0 Å². The fourth-order valence-electron chi connectivity index (χ4n) is 1.58. The van der Waals surface area contributed by atoms with Crippen LogP contribution >= 0.6 is 0 Å². The molecule has 1 atom stereocenters. The molecule has 0 saturated heterocycles. The zero-order valence-corrected chi connectivity index (χ0v) is 14.2. The van der Waals surface area contributed by atoms with Crippen molar-refractivity contribution < 1.29 is 34.8 Å². The largest absolute Gasteiger partial charge is 0.516 e. The summed E-state index contributed by atoms with van der Waals surface area (Å²) in [4.78, 5) is 11.6. The molecule has 0 aliphatic rings. The molecular formula is C12H15F3N2O5S2. The number of hydrogen-bond acceptors (Lipinski definition) is 5. The smallest absolute Gasteiger partial charge is 0.272 e. The van der Waals surface area contributed by atoms with Crippen molar-refractivity contribution >= 4 is 26.0 Å². The van der Waals surface area contributed by atoms with E-state index in [2.05, 4.69) is 0 Å². The molecule has 12 heteroatoms. The minimum absolute atomic E-state index is 0.220. The van der Waals surface area contributed by atoms with Gasteiger partial charge in [-0.25, -0.2) is 13.1 Å². The highest BCUT2D eigenvalue weighted by Gasteiger charge is 2.48. The quantitative estimate of drug-likeness (QED) is 0.754. The second-order valence-electron chi connectivity index (χ2n) is 5.07. The topological polar surface area (TPSA) is 109 Å². The number of alkyl halides is 3. The number of carbonyl (C=O) groups excluding carboxylic acids is 1. The van der Waals surface area contributed by atoms with Gasteiger partial charge < -0.3 is 0 Å². The van der Waals surface area contributed by atoms with Gasteiger partial charge in [-0.05, 0) is 18.1 Å². The maximum absolute atomic E-state index is 12.3. The molecule has 0 aliphatic carbocycles. The molecule has 1 aromatic rings. The first kappa shape index (κ1) is 20.4. The molecule has 0 spiro atoms. The van der Waals surface area contributed by atoms with Gasteiger partial charge in [-0.3, -0.25) is 4.79 Å². The summed E-state index contributed by atoms with van der Waals surface area (Å²) in [6.07, 6.45) is 0. The standard InChI is InChI=1S/C12H15F3N2O5S2/c1-8(2)10(11(18)17-24(21,22)12(13,14)15)16-23(19,20)9-6-4-3-5-7-9/h3-8,10,16H,1-2H3,(H,17,18)/t10-/m0/s1. The van der Waals surface area contributed by atoms with E-state index >= 15 is 0 Å². The first-order chi connectivity index (χ1) is 10.8. The summed E-state index contributed by atoms with van der Waals surface area (Å²) in [5.74, 6) is -2.44. The van der Waals surface area contributed by atoms with E-state index in [1.165, 1.54) is 38.1 Å². The highest BCUT2D eigenvalue weighted by Crippen LogP contribution is 2.22. The van der Waals surface area contributed by atoms with Crippen molar-refractivity contribution in [1.82, 2.24) is 9.44 Å². The number of hydrogen-bond donors (Lipinski definition) is 2. The van der Waals surface area contributed by atoms with Gasteiger partial charge in [0.25, 0.3) is 5.91 Å². The normalized spacial score (nSPS) is 14.4. The third kappa shape index (κ3) is 4.92. The molecule has 0 fully saturated rings. The van der Waals surface area contributed by atoms with Crippen molar-refractivity contribution in [3.05, 3.63) is 30.3 Å².